The number of rotatable bonds is 5. The molecule has 0 radical (unpaired) electrons. The van der Waals surface area contributed by atoms with E-state index in [4.69, 9.17) is 19.8 Å². The second-order valence-corrected chi connectivity index (χ2v) is 7.12. The second kappa shape index (κ2) is 10.4. The average Bonchev–Trinajstić information content (AvgIpc) is 2.85. The van der Waals surface area contributed by atoms with Gasteiger partial charge in [0.1, 0.15) is 0 Å². The number of non-ortho nitro benzene ring substituents is 1. The van der Waals surface area contributed by atoms with Gasteiger partial charge in [0.2, 0.25) is 0 Å². The van der Waals surface area contributed by atoms with E-state index in [2.05, 4.69) is 42.1 Å². The van der Waals surface area contributed by atoms with Crippen LogP contribution in [0.4, 0.5) is 17.1 Å². The SMILES string of the molecule is CN(C)CCCN1c2ccccc2CCc2ccc([N+](=O)[O-])cc21.O=C(O)C(=O)O. The van der Waals surface area contributed by atoms with Crippen molar-refractivity contribution in [2.24, 2.45) is 0 Å². The Hall–Kier alpha value is -3.46. The number of hydrogen-bond donors (Lipinski definition) is 2. The summed E-state index contributed by atoms with van der Waals surface area (Å²) in [5, 5.41) is 26.0. The van der Waals surface area contributed by atoms with Crippen LogP contribution in [0.5, 0.6) is 0 Å². The van der Waals surface area contributed by atoms with Crippen molar-refractivity contribution >= 4 is 29.0 Å². The zero-order valence-electron chi connectivity index (χ0n) is 16.9. The van der Waals surface area contributed by atoms with Gasteiger partial charge < -0.3 is 20.0 Å². The molecule has 2 aromatic rings. The summed E-state index contributed by atoms with van der Waals surface area (Å²) in [7, 11) is 4.13. The number of nitro groups is 1. The highest BCUT2D eigenvalue weighted by Gasteiger charge is 2.22. The first-order chi connectivity index (χ1) is 14.2. The molecule has 0 fully saturated rings. The Labute approximate surface area is 174 Å². The molecule has 3 rings (SSSR count). The molecule has 9 nitrogen and oxygen atoms in total. The molecule has 2 aromatic carbocycles. The van der Waals surface area contributed by atoms with Crippen molar-refractivity contribution in [1.82, 2.24) is 4.90 Å². The summed E-state index contributed by atoms with van der Waals surface area (Å²) in [5.41, 5.74) is 4.80. The highest BCUT2D eigenvalue weighted by atomic mass is 16.6. The van der Waals surface area contributed by atoms with Crippen molar-refractivity contribution in [3.63, 3.8) is 0 Å². The van der Waals surface area contributed by atoms with E-state index in [9.17, 15) is 10.1 Å². The lowest BCUT2D eigenvalue weighted by molar-refractivity contribution is -0.384. The van der Waals surface area contributed by atoms with Crippen molar-refractivity contribution in [3.05, 3.63) is 63.7 Å². The minimum Gasteiger partial charge on any atom is -0.473 e. The fourth-order valence-electron chi connectivity index (χ4n) is 3.30. The third-order valence-corrected chi connectivity index (χ3v) is 4.69. The first-order valence-electron chi connectivity index (χ1n) is 9.44. The van der Waals surface area contributed by atoms with E-state index in [-0.39, 0.29) is 10.6 Å². The van der Waals surface area contributed by atoms with Gasteiger partial charge in [0.15, 0.2) is 0 Å². The first-order valence-corrected chi connectivity index (χ1v) is 9.44. The molecule has 0 unspecified atom stereocenters. The van der Waals surface area contributed by atoms with Crippen LogP contribution in [0.15, 0.2) is 42.5 Å². The Morgan fingerprint density at radius 1 is 1.03 bits per heavy atom. The van der Waals surface area contributed by atoms with Gasteiger partial charge in [-0.3, -0.25) is 10.1 Å². The van der Waals surface area contributed by atoms with Gasteiger partial charge in [-0.25, -0.2) is 9.59 Å². The van der Waals surface area contributed by atoms with Gasteiger partial charge in [-0.05, 0) is 57.1 Å². The van der Waals surface area contributed by atoms with Crippen molar-refractivity contribution in [1.29, 1.82) is 0 Å². The van der Waals surface area contributed by atoms with Crippen LogP contribution in [0.3, 0.4) is 0 Å². The van der Waals surface area contributed by atoms with Gasteiger partial charge in [0, 0.05) is 24.4 Å². The van der Waals surface area contributed by atoms with E-state index in [0.717, 1.165) is 38.0 Å². The van der Waals surface area contributed by atoms with Crippen LogP contribution < -0.4 is 4.90 Å². The summed E-state index contributed by atoms with van der Waals surface area (Å²) in [6.45, 7) is 1.84. The maximum atomic E-state index is 11.2. The molecule has 1 aliphatic heterocycles. The number of hydrogen-bond acceptors (Lipinski definition) is 6. The number of benzene rings is 2. The molecule has 0 spiro atoms. The third kappa shape index (κ3) is 6.02. The predicted octanol–water partition coefficient (Wildman–Crippen LogP) is 2.94. The standard InChI is InChI=1S/C19H23N3O2.C2H2O4/c1-20(2)12-5-13-21-18-7-4-3-6-15(18)8-9-16-10-11-17(22(23)24)14-19(16)21;3-1(4)2(5)6/h3-4,6-7,10-11,14H,5,8-9,12-13H2,1-2H3;(H,3,4)(H,5,6). The van der Waals surface area contributed by atoms with Crippen LogP contribution in [0.1, 0.15) is 17.5 Å². The van der Waals surface area contributed by atoms with Crippen molar-refractivity contribution < 1.29 is 24.7 Å². The van der Waals surface area contributed by atoms with E-state index in [1.54, 1.807) is 12.1 Å². The number of anilines is 2. The molecule has 1 aliphatic rings. The van der Waals surface area contributed by atoms with Crippen LogP contribution in [0.25, 0.3) is 0 Å². The number of fused-ring (bicyclic) bond motifs is 2. The van der Waals surface area contributed by atoms with E-state index in [0.29, 0.717) is 0 Å². The summed E-state index contributed by atoms with van der Waals surface area (Å²) in [6.07, 6.45) is 2.88. The molecule has 0 saturated carbocycles. The van der Waals surface area contributed by atoms with E-state index in [1.165, 1.54) is 16.8 Å². The van der Waals surface area contributed by atoms with E-state index < -0.39 is 11.9 Å². The Morgan fingerprint density at radius 3 is 2.20 bits per heavy atom. The number of carboxylic acid groups (broad SMARTS) is 2. The monoisotopic (exact) mass is 415 g/mol. The molecule has 0 amide bonds. The number of aliphatic carboxylic acids is 2. The molecule has 160 valence electrons. The zero-order chi connectivity index (χ0) is 22.3. The maximum Gasteiger partial charge on any atom is 0.414 e. The van der Waals surface area contributed by atoms with Gasteiger partial charge in [-0.15, -0.1) is 0 Å². The average molecular weight is 415 g/mol. The summed E-state index contributed by atoms with van der Waals surface area (Å²) in [5.74, 6) is -3.65. The lowest BCUT2D eigenvalue weighted by Gasteiger charge is -2.27. The largest absolute Gasteiger partial charge is 0.473 e. The maximum absolute atomic E-state index is 11.2. The Balaban J connectivity index is 0.000000469. The molecular weight excluding hydrogens is 390 g/mol. The number of aryl methyl sites for hydroxylation is 2. The summed E-state index contributed by atoms with van der Waals surface area (Å²) < 4.78 is 0. The molecule has 30 heavy (non-hydrogen) atoms. The zero-order valence-corrected chi connectivity index (χ0v) is 16.9. The van der Waals surface area contributed by atoms with E-state index in [1.807, 2.05) is 12.1 Å². The summed E-state index contributed by atoms with van der Waals surface area (Å²) in [4.78, 5) is 33.5. The number of para-hydroxylation sites is 1. The highest BCUT2D eigenvalue weighted by Crippen LogP contribution is 2.37. The summed E-state index contributed by atoms with van der Waals surface area (Å²) in [6, 6.07) is 13.7. The molecule has 2 N–H and O–H groups in total. The van der Waals surface area contributed by atoms with Crippen LogP contribution in [-0.4, -0.2) is 59.2 Å². The minimum atomic E-state index is -1.82. The Kier molecular flexibility index (Phi) is 7.88. The van der Waals surface area contributed by atoms with Gasteiger partial charge in [0.05, 0.1) is 10.6 Å². The molecule has 0 bridgehead atoms. The molecule has 0 saturated heterocycles. The molecule has 0 aromatic heterocycles. The lowest BCUT2D eigenvalue weighted by Crippen LogP contribution is -2.24. The quantitative estimate of drug-likeness (QED) is 0.434. The van der Waals surface area contributed by atoms with Gasteiger partial charge >= 0.3 is 11.9 Å². The predicted molar refractivity (Wildman–Crippen MR) is 112 cm³/mol. The lowest BCUT2D eigenvalue weighted by atomic mass is 10.0. The molecule has 9 heteroatoms. The van der Waals surface area contributed by atoms with Gasteiger partial charge in [0.25, 0.3) is 5.69 Å². The van der Waals surface area contributed by atoms with Crippen molar-refractivity contribution in [3.8, 4) is 0 Å². The molecular formula is C21H25N3O6. The number of nitro benzene ring substituents is 1. The van der Waals surface area contributed by atoms with Crippen LogP contribution in [-0.2, 0) is 22.4 Å². The smallest absolute Gasteiger partial charge is 0.414 e. The summed E-state index contributed by atoms with van der Waals surface area (Å²) >= 11 is 0. The fraction of sp³-hybridized carbons (Fsp3) is 0.333. The third-order valence-electron chi connectivity index (χ3n) is 4.69. The Morgan fingerprint density at radius 2 is 1.63 bits per heavy atom. The first kappa shape index (κ1) is 22.8. The highest BCUT2D eigenvalue weighted by molar-refractivity contribution is 6.27. The van der Waals surface area contributed by atoms with Crippen LogP contribution >= 0.6 is 0 Å². The van der Waals surface area contributed by atoms with Crippen LogP contribution in [0, 0.1) is 10.1 Å². The van der Waals surface area contributed by atoms with Gasteiger partial charge in [-0.1, -0.05) is 24.3 Å². The van der Waals surface area contributed by atoms with Crippen LogP contribution in [0.2, 0.25) is 0 Å². The fourth-order valence-corrected chi connectivity index (χ4v) is 3.30. The van der Waals surface area contributed by atoms with Crippen molar-refractivity contribution in [2.45, 2.75) is 19.3 Å². The number of nitrogens with zero attached hydrogens (tertiary/aromatic N) is 3. The normalized spacial score (nSPS) is 12.2. The molecule has 0 atom stereocenters. The topological polar surface area (TPSA) is 124 Å². The number of carbonyl (C=O) groups is 2. The molecule has 1 heterocycles. The second-order valence-electron chi connectivity index (χ2n) is 7.12. The van der Waals surface area contributed by atoms with Crippen molar-refractivity contribution in [2.75, 3.05) is 32.1 Å². The Bertz CT molecular complexity index is 917. The van der Waals surface area contributed by atoms with Gasteiger partial charge in [-0.2, -0.15) is 0 Å². The number of carboxylic acids is 2. The van der Waals surface area contributed by atoms with E-state index >= 15 is 0 Å². The molecule has 0 aliphatic carbocycles. The minimum absolute atomic E-state index is 0.158.